The number of anilines is 1. The molecule has 0 radical (unpaired) electrons. The average molecular weight is 384 g/mol. The minimum atomic E-state index is -3.69. The van der Waals surface area contributed by atoms with Crippen LogP contribution in [0.5, 0.6) is 5.75 Å². The molecular weight excluding hydrogens is 363 g/mol. The fourth-order valence-electron chi connectivity index (χ4n) is 3.93. The molecule has 0 bridgehead atoms. The van der Waals surface area contributed by atoms with Crippen LogP contribution < -0.4 is 14.4 Å². The number of nitrogens with zero attached hydrogens (tertiary/aromatic N) is 1. The van der Waals surface area contributed by atoms with Gasteiger partial charge in [0.25, 0.3) is 5.91 Å². The number of hydrogen-bond donors (Lipinski definition) is 1. The molecule has 3 rings (SSSR count). The third-order valence-electron chi connectivity index (χ3n) is 4.97. The highest BCUT2D eigenvalue weighted by Gasteiger charge is 2.51. The van der Waals surface area contributed by atoms with Crippen LogP contribution in [0.25, 0.3) is 0 Å². The van der Waals surface area contributed by atoms with Crippen molar-refractivity contribution < 1.29 is 27.1 Å². The normalized spacial score (nSPS) is 18.7. The lowest BCUT2D eigenvalue weighted by molar-refractivity contribution is -0.124. The zero-order valence-corrected chi connectivity index (χ0v) is 15.5. The molecule has 2 amide bonds. The molecule has 0 atom stereocenters. The Balaban J connectivity index is 1.86. The minimum absolute atomic E-state index is 0.0670. The topological polar surface area (TPSA) is 92.8 Å². The van der Waals surface area contributed by atoms with E-state index < -0.39 is 33.8 Å². The SMILES string of the molecule is CN1C(=O)C2(CCCCC2)c2c(F)cc(OCC(=O)NS(C)(=O)=O)cc21. The van der Waals surface area contributed by atoms with Gasteiger partial charge in [0.1, 0.15) is 11.6 Å². The Hall–Kier alpha value is -2.16. The Labute approximate surface area is 151 Å². The van der Waals surface area contributed by atoms with Crippen LogP contribution in [0, 0.1) is 5.82 Å². The molecule has 1 N–H and O–H groups in total. The fraction of sp³-hybridized carbons (Fsp3) is 0.529. The summed E-state index contributed by atoms with van der Waals surface area (Å²) in [6.07, 6.45) is 4.88. The Bertz CT molecular complexity index is 862. The van der Waals surface area contributed by atoms with E-state index in [1.54, 1.807) is 11.8 Å². The summed E-state index contributed by atoms with van der Waals surface area (Å²) in [5.74, 6) is -1.45. The first-order valence-electron chi connectivity index (χ1n) is 8.40. The molecule has 0 unspecified atom stereocenters. The lowest BCUT2D eigenvalue weighted by atomic mass is 9.70. The third kappa shape index (κ3) is 3.27. The number of carbonyl (C=O) groups excluding carboxylic acids is 2. The molecule has 1 aliphatic carbocycles. The smallest absolute Gasteiger partial charge is 0.271 e. The largest absolute Gasteiger partial charge is 0.484 e. The predicted molar refractivity (Wildman–Crippen MR) is 93.1 cm³/mol. The minimum Gasteiger partial charge on any atom is -0.484 e. The van der Waals surface area contributed by atoms with Gasteiger partial charge >= 0.3 is 0 Å². The van der Waals surface area contributed by atoms with Crippen LogP contribution in [0.15, 0.2) is 12.1 Å². The van der Waals surface area contributed by atoms with Gasteiger partial charge in [0.2, 0.25) is 15.9 Å². The highest BCUT2D eigenvalue weighted by atomic mass is 32.2. The van der Waals surface area contributed by atoms with Crippen molar-refractivity contribution in [1.29, 1.82) is 0 Å². The predicted octanol–water partition coefficient (Wildman–Crippen LogP) is 1.46. The molecular formula is C17H21FN2O5S. The maximum Gasteiger partial charge on any atom is 0.271 e. The van der Waals surface area contributed by atoms with Crippen molar-refractivity contribution in [3.05, 3.63) is 23.5 Å². The van der Waals surface area contributed by atoms with Crippen LogP contribution in [-0.2, 0) is 25.0 Å². The number of benzene rings is 1. The van der Waals surface area contributed by atoms with Crippen molar-refractivity contribution in [2.24, 2.45) is 0 Å². The molecule has 1 aromatic rings. The van der Waals surface area contributed by atoms with E-state index in [1.807, 2.05) is 0 Å². The second-order valence-corrected chi connectivity index (χ2v) is 8.64. The first-order valence-corrected chi connectivity index (χ1v) is 10.3. The van der Waals surface area contributed by atoms with E-state index in [1.165, 1.54) is 11.0 Å². The highest BCUT2D eigenvalue weighted by molar-refractivity contribution is 7.89. The number of halogens is 1. The number of rotatable bonds is 4. The van der Waals surface area contributed by atoms with Crippen LogP contribution in [-0.4, -0.2) is 40.1 Å². The van der Waals surface area contributed by atoms with Crippen LogP contribution >= 0.6 is 0 Å². The van der Waals surface area contributed by atoms with Crippen molar-refractivity contribution >= 4 is 27.5 Å². The molecule has 0 aromatic heterocycles. The number of amides is 2. The molecule has 1 aliphatic heterocycles. The van der Waals surface area contributed by atoms with Gasteiger partial charge in [0.15, 0.2) is 6.61 Å². The van der Waals surface area contributed by atoms with Gasteiger partial charge in [-0.2, -0.15) is 0 Å². The van der Waals surface area contributed by atoms with Gasteiger partial charge in [-0.3, -0.25) is 14.3 Å². The van der Waals surface area contributed by atoms with E-state index >= 15 is 0 Å². The lowest BCUT2D eigenvalue weighted by Crippen LogP contribution is -2.40. The molecule has 2 aliphatic rings. The summed E-state index contributed by atoms with van der Waals surface area (Å²) in [6, 6.07) is 2.67. The molecule has 26 heavy (non-hydrogen) atoms. The maximum atomic E-state index is 14.9. The summed E-state index contributed by atoms with van der Waals surface area (Å²) < 4.78 is 43.9. The first kappa shape index (κ1) is 18.6. The van der Waals surface area contributed by atoms with Gasteiger partial charge in [-0.25, -0.2) is 12.8 Å². The second kappa shape index (κ2) is 6.53. The van der Waals surface area contributed by atoms with Crippen molar-refractivity contribution in [3.8, 4) is 5.75 Å². The Morgan fingerprint density at radius 3 is 2.58 bits per heavy atom. The monoisotopic (exact) mass is 384 g/mol. The number of likely N-dealkylation sites (N-methyl/N-ethyl adjacent to an activating group) is 1. The number of fused-ring (bicyclic) bond motifs is 2. The summed E-state index contributed by atoms with van der Waals surface area (Å²) in [6.45, 7) is -0.575. The molecule has 1 fully saturated rings. The number of carbonyl (C=O) groups is 2. The summed E-state index contributed by atoms with van der Waals surface area (Å²) >= 11 is 0. The number of hydrogen-bond acceptors (Lipinski definition) is 5. The molecule has 1 saturated carbocycles. The van der Waals surface area contributed by atoms with Gasteiger partial charge in [-0.05, 0) is 12.8 Å². The maximum absolute atomic E-state index is 14.9. The van der Waals surface area contributed by atoms with Crippen LogP contribution in [0.2, 0.25) is 0 Å². The molecule has 7 nitrogen and oxygen atoms in total. The van der Waals surface area contributed by atoms with Gasteiger partial charge in [0, 0.05) is 24.7 Å². The van der Waals surface area contributed by atoms with E-state index in [-0.39, 0.29) is 11.7 Å². The quantitative estimate of drug-likeness (QED) is 0.848. The van der Waals surface area contributed by atoms with Gasteiger partial charge in [-0.1, -0.05) is 19.3 Å². The standard InChI is InChI=1S/C17H21FN2O5S/c1-20-13-9-11(25-10-14(21)19-26(2,23)24)8-12(18)15(13)17(16(20)22)6-4-3-5-7-17/h8-9H,3-7,10H2,1-2H3,(H,19,21). The summed E-state index contributed by atoms with van der Waals surface area (Å²) in [5.41, 5.74) is 0.0339. The zero-order chi connectivity index (χ0) is 19.1. The highest BCUT2D eigenvalue weighted by Crippen LogP contribution is 2.51. The third-order valence-corrected chi connectivity index (χ3v) is 5.57. The van der Waals surface area contributed by atoms with Gasteiger partial charge < -0.3 is 9.64 Å². The van der Waals surface area contributed by atoms with Crippen LogP contribution in [0.4, 0.5) is 10.1 Å². The van der Waals surface area contributed by atoms with Crippen molar-refractivity contribution in [3.63, 3.8) is 0 Å². The molecule has 142 valence electrons. The zero-order valence-electron chi connectivity index (χ0n) is 14.7. The lowest BCUT2D eigenvalue weighted by Gasteiger charge is -2.32. The molecule has 1 heterocycles. The van der Waals surface area contributed by atoms with E-state index in [0.717, 1.165) is 31.6 Å². The van der Waals surface area contributed by atoms with E-state index in [0.29, 0.717) is 24.1 Å². The average Bonchev–Trinajstić information content (AvgIpc) is 2.75. The second-order valence-electron chi connectivity index (χ2n) is 6.89. The van der Waals surface area contributed by atoms with Crippen LogP contribution in [0.3, 0.4) is 0 Å². The summed E-state index contributed by atoms with van der Waals surface area (Å²) in [7, 11) is -2.09. The van der Waals surface area contributed by atoms with E-state index in [4.69, 9.17) is 4.74 Å². The van der Waals surface area contributed by atoms with Gasteiger partial charge in [0.05, 0.1) is 17.4 Å². The first-order chi connectivity index (χ1) is 12.1. The summed E-state index contributed by atoms with van der Waals surface area (Å²) in [5, 5.41) is 0. The fourth-order valence-corrected chi connectivity index (χ4v) is 4.40. The number of nitrogens with one attached hydrogen (secondary N) is 1. The molecule has 1 aromatic carbocycles. The van der Waals surface area contributed by atoms with Crippen molar-refractivity contribution in [1.82, 2.24) is 4.72 Å². The molecule has 0 saturated heterocycles. The van der Waals surface area contributed by atoms with Gasteiger partial charge in [-0.15, -0.1) is 0 Å². The van der Waals surface area contributed by atoms with E-state index in [9.17, 15) is 22.4 Å². The molecule has 9 heteroatoms. The Morgan fingerprint density at radius 2 is 1.96 bits per heavy atom. The Kier molecular flexibility index (Phi) is 4.68. The number of ether oxygens (including phenoxy) is 1. The molecule has 1 spiro atoms. The van der Waals surface area contributed by atoms with Crippen molar-refractivity contribution in [2.45, 2.75) is 37.5 Å². The van der Waals surface area contributed by atoms with Crippen LogP contribution in [0.1, 0.15) is 37.7 Å². The Morgan fingerprint density at radius 1 is 1.31 bits per heavy atom. The number of sulfonamides is 1. The van der Waals surface area contributed by atoms with E-state index in [2.05, 4.69) is 0 Å². The summed E-state index contributed by atoms with van der Waals surface area (Å²) in [4.78, 5) is 25.8. The van der Waals surface area contributed by atoms with Crippen molar-refractivity contribution in [2.75, 3.05) is 24.8 Å².